The first-order chi connectivity index (χ1) is 10.2. The van der Waals surface area contributed by atoms with Crippen molar-refractivity contribution >= 4 is 5.91 Å². The van der Waals surface area contributed by atoms with Gasteiger partial charge in [0.25, 0.3) is 0 Å². The molecule has 1 aromatic rings. The van der Waals surface area contributed by atoms with Crippen LogP contribution in [0.3, 0.4) is 0 Å². The molecule has 0 spiro atoms. The van der Waals surface area contributed by atoms with E-state index in [0.717, 1.165) is 51.1 Å². The molecule has 0 bridgehead atoms. The SMILES string of the molecule is COc1cccc(CCCNC(=O)C2CCCN(C)C2)c1. The first-order valence-electron chi connectivity index (χ1n) is 7.78. The Kier molecular flexibility index (Phi) is 6.05. The van der Waals surface area contributed by atoms with Crippen molar-refractivity contribution in [2.24, 2.45) is 5.92 Å². The van der Waals surface area contributed by atoms with Crippen molar-refractivity contribution in [1.29, 1.82) is 0 Å². The number of ether oxygens (including phenoxy) is 1. The first kappa shape index (κ1) is 15.8. The molecule has 1 aliphatic heterocycles. The predicted octanol–water partition coefficient (Wildman–Crippen LogP) is 2.09. The second-order valence-corrected chi connectivity index (χ2v) is 5.85. The van der Waals surface area contributed by atoms with Crippen molar-refractivity contribution in [2.45, 2.75) is 25.7 Å². The molecular formula is C17H26N2O2. The number of carbonyl (C=O) groups excluding carboxylic acids is 1. The molecule has 21 heavy (non-hydrogen) atoms. The summed E-state index contributed by atoms with van der Waals surface area (Å²) < 4.78 is 5.21. The largest absolute Gasteiger partial charge is 0.497 e. The lowest BCUT2D eigenvalue weighted by Gasteiger charge is -2.28. The molecule has 1 fully saturated rings. The highest BCUT2D eigenvalue weighted by atomic mass is 16.5. The molecule has 0 saturated carbocycles. The maximum absolute atomic E-state index is 12.1. The fourth-order valence-electron chi connectivity index (χ4n) is 2.86. The number of nitrogens with one attached hydrogen (secondary N) is 1. The molecule has 1 amide bonds. The molecule has 4 nitrogen and oxygen atoms in total. The number of benzene rings is 1. The van der Waals surface area contributed by atoms with E-state index in [-0.39, 0.29) is 11.8 Å². The molecule has 0 radical (unpaired) electrons. The van der Waals surface area contributed by atoms with E-state index in [4.69, 9.17) is 4.74 Å². The minimum Gasteiger partial charge on any atom is -0.497 e. The highest BCUT2D eigenvalue weighted by Gasteiger charge is 2.23. The number of methoxy groups -OCH3 is 1. The van der Waals surface area contributed by atoms with Gasteiger partial charge in [-0.15, -0.1) is 0 Å². The van der Waals surface area contributed by atoms with E-state index in [1.807, 2.05) is 12.1 Å². The van der Waals surface area contributed by atoms with Crippen LogP contribution in [0.5, 0.6) is 5.75 Å². The average Bonchev–Trinajstić information content (AvgIpc) is 2.51. The fourth-order valence-corrected chi connectivity index (χ4v) is 2.86. The molecule has 1 heterocycles. The van der Waals surface area contributed by atoms with Crippen LogP contribution in [-0.4, -0.2) is 44.6 Å². The van der Waals surface area contributed by atoms with Gasteiger partial charge in [0.1, 0.15) is 5.75 Å². The van der Waals surface area contributed by atoms with Gasteiger partial charge in [-0.3, -0.25) is 4.79 Å². The van der Waals surface area contributed by atoms with Crippen LogP contribution in [0.4, 0.5) is 0 Å². The Morgan fingerprint density at radius 1 is 1.48 bits per heavy atom. The first-order valence-corrected chi connectivity index (χ1v) is 7.78. The standard InChI is InChI=1S/C17H26N2O2/c1-19-11-5-8-15(13-19)17(20)18-10-4-7-14-6-3-9-16(12-14)21-2/h3,6,9,12,15H,4-5,7-8,10-11,13H2,1-2H3,(H,18,20). The summed E-state index contributed by atoms with van der Waals surface area (Å²) in [6.45, 7) is 2.75. The Morgan fingerprint density at radius 3 is 3.10 bits per heavy atom. The second-order valence-electron chi connectivity index (χ2n) is 5.85. The maximum Gasteiger partial charge on any atom is 0.224 e. The Labute approximate surface area is 127 Å². The molecule has 1 N–H and O–H groups in total. The van der Waals surface area contributed by atoms with Gasteiger partial charge in [0, 0.05) is 13.1 Å². The minimum atomic E-state index is 0.167. The number of aryl methyl sites for hydroxylation is 1. The molecular weight excluding hydrogens is 264 g/mol. The van der Waals surface area contributed by atoms with Crippen LogP contribution in [0.2, 0.25) is 0 Å². The normalized spacial score (nSPS) is 19.2. The molecule has 2 rings (SSSR count). The molecule has 116 valence electrons. The molecule has 0 aromatic heterocycles. The number of rotatable bonds is 6. The zero-order valence-corrected chi connectivity index (χ0v) is 13.1. The number of likely N-dealkylation sites (tertiary alicyclic amines) is 1. The summed E-state index contributed by atoms with van der Waals surface area (Å²) in [6, 6.07) is 8.10. The van der Waals surface area contributed by atoms with Crippen molar-refractivity contribution < 1.29 is 9.53 Å². The summed E-state index contributed by atoms with van der Waals surface area (Å²) in [4.78, 5) is 14.3. The quantitative estimate of drug-likeness (QED) is 0.816. The van der Waals surface area contributed by atoms with Crippen molar-refractivity contribution in [3.05, 3.63) is 29.8 Å². The lowest BCUT2D eigenvalue weighted by atomic mass is 9.97. The number of hydrogen-bond acceptors (Lipinski definition) is 3. The summed E-state index contributed by atoms with van der Waals surface area (Å²) in [6.07, 6.45) is 4.06. The number of piperidine rings is 1. The zero-order valence-electron chi connectivity index (χ0n) is 13.1. The number of amides is 1. The van der Waals surface area contributed by atoms with Gasteiger partial charge in [-0.05, 0) is 57.0 Å². The van der Waals surface area contributed by atoms with E-state index >= 15 is 0 Å². The van der Waals surface area contributed by atoms with Crippen molar-refractivity contribution in [1.82, 2.24) is 10.2 Å². The third-order valence-corrected chi connectivity index (χ3v) is 4.07. The molecule has 1 aliphatic rings. The van der Waals surface area contributed by atoms with E-state index < -0.39 is 0 Å². The summed E-state index contributed by atoms with van der Waals surface area (Å²) in [5.74, 6) is 1.27. The van der Waals surface area contributed by atoms with Crippen molar-refractivity contribution in [2.75, 3.05) is 33.8 Å². The number of nitrogens with zero attached hydrogens (tertiary/aromatic N) is 1. The third kappa shape index (κ3) is 5.05. The van der Waals surface area contributed by atoms with Gasteiger partial charge < -0.3 is 15.0 Å². The lowest BCUT2D eigenvalue weighted by Crippen LogP contribution is -2.41. The molecule has 0 aliphatic carbocycles. The van der Waals surface area contributed by atoms with Crippen molar-refractivity contribution in [3.8, 4) is 5.75 Å². The third-order valence-electron chi connectivity index (χ3n) is 4.07. The Hall–Kier alpha value is -1.55. The lowest BCUT2D eigenvalue weighted by molar-refractivity contribution is -0.126. The van der Waals surface area contributed by atoms with E-state index in [9.17, 15) is 4.79 Å². The van der Waals surface area contributed by atoms with Gasteiger partial charge in [0.05, 0.1) is 13.0 Å². The highest BCUT2D eigenvalue weighted by molar-refractivity contribution is 5.78. The van der Waals surface area contributed by atoms with Gasteiger partial charge in [-0.25, -0.2) is 0 Å². The zero-order chi connectivity index (χ0) is 15.1. The fraction of sp³-hybridized carbons (Fsp3) is 0.588. The minimum absolute atomic E-state index is 0.167. The van der Waals surface area contributed by atoms with Crippen LogP contribution in [-0.2, 0) is 11.2 Å². The average molecular weight is 290 g/mol. The van der Waals surface area contributed by atoms with Gasteiger partial charge in [-0.2, -0.15) is 0 Å². The monoisotopic (exact) mass is 290 g/mol. The number of carbonyl (C=O) groups is 1. The van der Waals surface area contributed by atoms with E-state index in [2.05, 4.69) is 29.4 Å². The van der Waals surface area contributed by atoms with Crippen LogP contribution < -0.4 is 10.1 Å². The van der Waals surface area contributed by atoms with Crippen LogP contribution in [0.25, 0.3) is 0 Å². The van der Waals surface area contributed by atoms with Crippen LogP contribution >= 0.6 is 0 Å². The van der Waals surface area contributed by atoms with Crippen LogP contribution in [0, 0.1) is 5.92 Å². The van der Waals surface area contributed by atoms with Crippen molar-refractivity contribution in [3.63, 3.8) is 0 Å². The number of hydrogen-bond donors (Lipinski definition) is 1. The van der Waals surface area contributed by atoms with E-state index in [1.54, 1.807) is 7.11 Å². The summed E-state index contributed by atoms with van der Waals surface area (Å²) in [5, 5.41) is 3.07. The molecule has 1 unspecified atom stereocenters. The summed E-state index contributed by atoms with van der Waals surface area (Å²) in [5.41, 5.74) is 1.25. The topological polar surface area (TPSA) is 41.6 Å². The van der Waals surface area contributed by atoms with Gasteiger partial charge >= 0.3 is 0 Å². The Balaban J connectivity index is 1.68. The van der Waals surface area contributed by atoms with Gasteiger partial charge in [0.15, 0.2) is 0 Å². The molecule has 1 aromatic carbocycles. The highest BCUT2D eigenvalue weighted by Crippen LogP contribution is 2.15. The van der Waals surface area contributed by atoms with E-state index in [1.165, 1.54) is 5.56 Å². The molecule has 1 atom stereocenters. The Morgan fingerprint density at radius 2 is 2.33 bits per heavy atom. The van der Waals surface area contributed by atoms with E-state index in [0.29, 0.717) is 0 Å². The van der Waals surface area contributed by atoms with Gasteiger partial charge in [-0.1, -0.05) is 12.1 Å². The van der Waals surface area contributed by atoms with Gasteiger partial charge in [0.2, 0.25) is 5.91 Å². The second kappa shape index (κ2) is 8.03. The molecule has 1 saturated heterocycles. The molecule has 4 heteroatoms. The maximum atomic E-state index is 12.1. The Bertz CT molecular complexity index is 462. The summed E-state index contributed by atoms with van der Waals surface area (Å²) >= 11 is 0. The predicted molar refractivity (Wildman–Crippen MR) is 84.5 cm³/mol. The van der Waals surface area contributed by atoms with Crippen LogP contribution in [0.1, 0.15) is 24.8 Å². The smallest absolute Gasteiger partial charge is 0.224 e. The summed E-state index contributed by atoms with van der Waals surface area (Å²) in [7, 11) is 3.77. The van der Waals surface area contributed by atoms with Crippen LogP contribution in [0.15, 0.2) is 24.3 Å².